The molecule has 2 rings (SSSR count). The fourth-order valence-electron chi connectivity index (χ4n) is 1.69. The number of halogens is 1. The SMILES string of the molecule is COc1cc(Br)c(OC)c2[nH]c(C(=O)O)cc12. The largest absolute Gasteiger partial charge is 0.496 e. The van der Waals surface area contributed by atoms with Crippen LogP contribution in [0.2, 0.25) is 0 Å². The molecule has 0 aliphatic heterocycles. The predicted molar refractivity (Wildman–Crippen MR) is 66.1 cm³/mol. The number of benzene rings is 1. The third-order valence-corrected chi connectivity index (χ3v) is 3.03. The summed E-state index contributed by atoms with van der Waals surface area (Å²) in [6, 6.07) is 3.26. The summed E-state index contributed by atoms with van der Waals surface area (Å²) in [5.41, 5.74) is 0.686. The average molecular weight is 300 g/mol. The van der Waals surface area contributed by atoms with Gasteiger partial charge in [-0.1, -0.05) is 0 Å². The van der Waals surface area contributed by atoms with Gasteiger partial charge in [0.1, 0.15) is 11.4 Å². The van der Waals surface area contributed by atoms with Gasteiger partial charge in [0.2, 0.25) is 0 Å². The summed E-state index contributed by atoms with van der Waals surface area (Å²) in [6.07, 6.45) is 0. The van der Waals surface area contributed by atoms with E-state index in [1.807, 2.05) is 0 Å². The molecule has 0 unspecified atom stereocenters. The summed E-state index contributed by atoms with van der Waals surface area (Å²) < 4.78 is 11.1. The van der Waals surface area contributed by atoms with Crippen molar-refractivity contribution in [1.82, 2.24) is 4.98 Å². The van der Waals surface area contributed by atoms with Crippen LogP contribution in [0.4, 0.5) is 0 Å². The number of fused-ring (bicyclic) bond motifs is 1. The van der Waals surface area contributed by atoms with Gasteiger partial charge in [0.05, 0.1) is 24.2 Å². The van der Waals surface area contributed by atoms with E-state index in [0.717, 1.165) is 0 Å². The molecule has 2 aromatic rings. The Kier molecular flexibility index (Phi) is 2.97. The molecule has 0 atom stereocenters. The van der Waals surface area contributed by atoms with Gasteiger partial charge < -0.3 is 19.6 Å². The number of H-pyrrole nitrogens is 1. The molecule has 0 saturated carbocycles. The zero-order chi connectivity index (χ0) is 12.6. The van der Waals surface area contributed by atoms with E-state index in [0.29, 0.717) is 26.9 Å². The third-order valence-electron chi connectivity index (χ3n) is 2.44. The van der Waals surface area contributed by atoms with Crippen LogP contribution in [0.1, 0.15) is 10.5 Å². The summed E-state index contributed by atoms with van der Waals surface area (Å²) in [4.78, 5) is 13.7. The van der Waals surface area contributed by atoms with Gasteiger partial charge in [0.25, 0.3) is 0 Å². The molecular formula is C11H10BrNO4. The summed E-state index contributed by atoms with van der Waals surface area (Å²) >= 11 is 3.34. The molecule has 0 saturated heterocycles. The highest BCUT2D eigenvalue weighted by Crippen LogP contribution is 2.39. The Balaban J connectivity index is 2.82. The number of carbonyl (C=O) groups is 1. The second kappa shape index (κ2) is 4.29. The van der Waals surface area contributed by atoms with Gasteiger partial charge in [-0.15, -0.1) is 0 Å². The van der Waals surface area contributed by atoms with Crippen LogP contribution in [-0.2, 0) is 0 Å². The van der Waals surface area contributed by atoms with E-state index in [9.17, 15) is 4.79 Å². The molecule has 5 nitrogen and oxygen atoms in total. The molecule has 90 valence electrons. The van der Waals surface area contributed by atoms with Gasteiger partial charge in [0, 0.05) is 5.39 Å². The number of aromatic amines is 1. The Morgan fingerprint density at radius 2 is 2.06 bits per heavy atom. The predicted octanol–water partition coefficient (Wildman–Crippen LogP) is 2.65. The normalized spacial score (nSPS) is 10.5. The van der Waals surface area contributed by atoms with Crippen LogP contribution in [0.25, 0.3) is 10.9 Å². The summed E-state index contributed by atoms with van der Waals surface area (Å²) in [6.45, 7) is 0. The lowest BCUT2D eigenvalue weighted by Crippen LogP contribution is -1.95. The van der Waals surface area contributed by atoms with E-state index < -0.39 is 5.97 Å². The maximum absolute atomic E-state index is 10.9. The number of carboxylic acid groups (broad SMARTS) is 1. The molecular weight excluding hydrogens is 290 g/mol. The third kappa shape index (κ3) is 1.84. The second-order valence-electron chi connectivity index (χ2n) is 3.37. The number of hydrogen-bond acceptors (Lipinski definition) is 3. The fourth-order valence-corrected chi connectivity index (χ4v) is 2.26. The number of aromatic nitrogens is 1. The van der Waals surface area contributed by atoms with Crippen LogP contribution < -0.4 is 9.47 Å². The number of nitrogens with one attached hydrogen (secondary N) is 1. The first-order valence-corrected chi connectivity index (χ1v) is 5.54. The molecule has 17 heavy (non-hydrogen) atoms. The topological polar surface area (TPSA) is 71.5 Å². The quantitative estimate of drug-likeness (QED) is 0.914. The highest BCUT2D eigenvalue weighted by Gasteiger charge is 2.17. The Bertz CT molecular complexity index is 591. The maximum atomic E-state index is 10.9. The maximum Gasteiger partial charge on any atom is 0.352 e. The standard InChI is InChI=1S/C11H10BrNO4/c1-16-8-4-6(12)10(17-2)9-5(8)3-7(13-9)11(14)15/h3-4,13H,1-2H3,(H,14,15). The molecule has 0 spiro atoms. The number of carboxylic acids is 1. The van der Waals surface area contributed by atoms with E-state index in [1.54, 1.807) is 6.07 Å². The fraction of sp³-hybridized carbons (Fsp3) is 0.182. The van der Waals surface area contributed by atoms with E-state index in [4.69, 9.17) is 14.6 Å². The van der Waals surface area contributed by atoms with E-state index in [1.165, 1.54) is 20.3 Å². The molecule has 1 aromatic carbocycles. The zero-order valence-electron chi connectivity index (χ0n) is 9.20. The molecule has 0 bridgehead atoms. The summed E-state index contributed by atoms with van der Waals surface area (Å²) in [5.74, 6) is 0.103. The van der Waals surface area contributed by atoms with Gasteiger partial charge in [-0.3, -0.25) is 0 Å². The molecule has 0 fully saturated rings. The number of hydrogen-bond donors (Lipinski definition) is 2. The summed E-state index contributed by atoms with van der Waals surface area (Å²) in [5, 5.41) is 9.63. The average Bonchev–Trinajstić information content (AvgIpc) is 2.72. The molecule has 6 heteroatoms. The minimum atomic E-state index is -1.03. The molecule has 2 N–H and O–H groups in total. The van der Waals surface area contributed by atoms with Crippen molar-refractivity contribution in [3.63, 3.8) is 0 Å². The van der Waals surface area contributed by atoms with Gasteiger partial charge in [-0.05, 0) is 28.1 Å². The van der Waals surface area contributed by atoms with Crippen molar-refractivity contribution >= 4 is 32.8 Å². The molecule has 0 aliphatic carbocycles. The molecule has 1 heterocycles. The Morgan fingerprint density at radius 3 is 2.59 bits per heavy atom. The number of ether oxygens (including phenoxy) is 2. The van der Waals surface area contributed by atoms with Gasteiger partial charge in [-0.25, -0.2) is 4.79 Å². The smallest absolute Gasteiger partial charge is 0.352 e. The minimum absolute atomic E-state index is 0.0923. The van der Waals surface area contributed by atoms with Crippen LogP contribution >= 0.6 is 15.9 Å². The first kappa shape index (κ1) is 11.8. The Morgan fingerprint density at radius 1 is 1.35 bits per heavy atom. The minimum Gasteiger partial charge on any atom is -0.496 e. The van der Waals surface area contributed by atoms with Gasteiger partial charge in [-0.2, -0.15) is 0 Å². The summed E-state index contributed by atoms with van der Waals surface area (Å²) in [7, 11) is 3.05. The van der Waals surface area contributed by atoms with E-state index in [-0.39, 0.29) is 5.69 Å². The van der Waals surface area contributed by atoms with Crippen molar-refractivity contribution < 1.29 is 19.4 Å². The lowest BCUT2D eigenvalue weighted by Gasteiger charge is -2.08. The number of rotatable bonds is 3. The Labute approximate surface area is 105 Å². The van der Waals surface area contributed by atoms with Crippen molar-refractivity contribution in [2.45, 2.75) is 0 Å². The Hall–Kier alpha value is -1.69. The highest BCUT2D eigenvalue weighted by molar-refractivity contribution is 9.10. The number of aromatic carboxylic acids is 1. The second-order valence-corrected chi connectivity index (χ2v) is 4.23. The van der Waals surface area contributed by atoms with Crippen LogP contribution in [0.5, 0.6) is 11.5 Å². The molecule has 0 radical (unpaired) electrons. The van der Waals surface area contributed by atoms with Crippen LogP contribution in [0.3, 0.4) is 0 Å². The lowest BCUT2D eigenvalue weighted by atomic mass is 10.2. The van der Waals surface area contributed by atoms with Crippen molar-refractivity contribution in [3.05, 3.63) is 22.3 Å². The van der Waals surface area contributed by atoms with Crippen molar-refractivity contribution in [3.8, 4) is 11.5 Å². The van der Waals surface area contributed by atoms with Crippen molar-refractivity contribution in [2.75, 3.05) is 14.2 Å². The van der Waals surface area contributed by atoms with Crippen LogP contribution in [0.15, 0.2) is 16.6 Å². The highest BCUT2D eigenvalue weighted by atomic mass is 79.9. The monoisotopic (exact) mass is 299 g/mol. The van der Waals surface area contributed by atoms with Crippen molar-refractivity contribution in [2.24, 2.45) is 0 Å². The zero-order valence-corrected chi connectivity index (χ0v) is 10.8. The van der Waals surface area contributed by atoms with E-state index in [2.05, 4.69) is 20.9 Å². The van der Waals surface area contributed by atoms with Crippen molar-refractivity contribution in [1.29, 1.82) is 0 Å². The van der Waals surface area contributed by atoms with Crippen LogP contribution in [-0.4, -0.2) is 30.3 Å². The van der Waals surface area contributed by atoms with Crippen LogP contribution in [0, 0.1) is 0 Å². The lowest BCUT2D eigenvalue weighted by molar-refractivity contribution is 0.0691. The number of methoxy groups -OCH3 is 2. The first-order valence-electron chi connectivity index (χ1n) is 4.75. The van der Waals surface area contributed by atoms with Gasteiger partial charge in [0.15, 0.2) is 5.75 Å². The molecule has 1 aromatic heterocycles. The molecule has 0 aliphatic rings. The first-order chi connectivity index (χ1) is 8.08. The molecule has 0 amide bonds. The van der Waals surface area contributed by atoms with E-state index >= 15 is 0 Å². The van der Waals surface area contributed by atoms with Gasteiger partial charge >= 0.3 is 5.97 Å².